The fraction of sp³-hybridized carbons (Fsp3) is 0.333. The van der Waals surface area contributed by atoms with Gasteiger partial charge < -0.3 is 4.98 Å². The van der Waals surface area contributed by atoms with Gasteiger partial charge in [0, 0.05) is 20.6 Å². The number of hydrogen-bond donors (Lipinski definition) is 1. The van der Waals surface area contributed by atoms with E-state index in [1.165, 1.54) is 29.0 Å². The molecule has 1 aromatic heterocycles. The number of benzene rings is 1. The van der Waals surface area contributed by atoms with Crippen molar-refractivity contribution in [3.63, 3.8) is 0 Å². The van der Waals surface area contributed by atoms with Gasteiger partial charge in [-0.05, 0) is 43.9 Å². The number of nitrogens with zero attached hydrogens (tertiary/aromatic N) is 1. The van der Waals surface area contributed by atoms with Crippen molar-refractivity contribution in [1.29, 1.82) is 0 Å². The van der Waals surface area contributed by atoms with Gasteiger partial charge in [-0.3, -0.25) is 0 Å². The number of halogens is 1. The van der Waals surface area contributed by atoms with Gasteiger partial charge in [0.05, 0.1) is 5.75 Å². The molecular weight excluding hydrogens is 352 g/mol. The highest BCUT2D eigenvalue weighted by molar-refractivity contribution is 9.10. The summed E-state index contributed by atoms with van der Waals surface area (Å²) in [6.07, 6.45) is 4.67. The van der Waals surface area contributed by atoms with Crippen molar-refractivity contribution in [2.75, 3.05) is 0 Å². The second-order valence-electron chi connectivity index (χ2n) is 4.90. The maximum absolute atomic E-state index is 5.43. The molecule has 0 unspecified atom stereocenters. The summed E-state index contributed by atoms with van der Waals surface area (Å²) in [4.78, 5) is 9.27. The highest BCUT2D eigenvalue weighted by Gasteiger charge is 2.13. The van der Waals surface area contributed by atoms with Gasteiger partial charge in [-0.1, -0.05) is 34.2 Å². The molecule has 0 spiro atoms. The van der Waals surface area contributed by atoms with Crippen molar-refractivity contribution < 1.29 is 0 Å². The lowest BCUT2D eigenvalue weighted by Gasteiger charge is -2.16. The Morgan fingerprint density at radius 1 is 1.30 bits per heavy atom. The van der Waals surface area contributed by atoms with Crippen molar-refractivity contribution in [2.24, 2.45) is 0 Å². The minimum Gasteiger partial charge on any atom is -0.346 e. The Bertz CT molecular complexity index is 682. The predicted molar refractivity (Wildman–Crippen MR) is 89.8 cm³/mol. The Hall–Kier alpha value is -0.650. The minimum absolute atomic E-state index is 0.795. The second kappa shape index (κ2) is 6.41. The first kappa shape index (κ1) is 14.3. The summed E-state index contributed by atoms with van der Waals surface area (Å²) in [6.45, 7) is 0. The molecule has 20 heavy (non-hydrogen) atoms. The molecule has 1 aliphatic rings. The molecule has 2 nitrogen and oxygen atoms in total. The molecule has 0 radical (unpaired) electrons. The van der Waals surface area contributed by atoms with Crippen LogP contribution in [-0.2, 0) is 18.6 Å². The topological polar surface area (TPSA) is 28.7 Å². The normalized spacial score (nSPS) is 14.1. The van der Waals surface area contributed by atoms with Gasteiger partial charge in [-0.25, -0.2) is 4.98 Å². The Labute approximate surface area is 136 Å². The lowest BCUT2D eigenvalue weighted by atomic mass is 9.97. The van der Waals surface area contributed by atoms with E-state index in [4.69, 9.17) is 12.2 Å². The first-order chi connectivity index (χ1) is 9.72. The van der Waals surface area contributed by atoms with E-state index < -0.39 is 0 Å². The van der Waals surface area contributed by atoms with E-state index in [2.05, 4.69) is 44.1 Å². The molecule has 0 saturated heterocycles. The van der Waals surface area contributed by atoms with E-state index >= 15 is 0 Å². The number of thioether (sulfide) groups is 1. The highest BCUT2D eigenvalue weighted by Crippen LogP contribution is 2.26. The van der Waals surface area contributed by atoms with Crippen LogP contribution in [0.4, 0.5) is 0 Å². The van der Waals surface area contributed by atoms with Gasteiger partial charge in [0.2, 0.25) is 0 Å². The average molecular weight is 367 g/mol. The summed E-state index contributed by atoms with van der Waals surface area (Å²) in [5.74, 6) is 1.81. The number of fused-ring (bicyclic) bond motifs is 1. The van der Waals surface area contributed by atoms with Crippen LogP contribution in [0.25, 0.3) is 0 Å². The van der Waals surface area contributed by atoms with Crippen LogP contribution in [0.3, 0.4) is 0 Å². The zero-order valence-electron chi connectivity index (χ0n) is 11.0. The Morgan fingerprint density at radius 2 is 2.15 bits per heavy atom. The number of hydrogen-bond acceptors (Lipinski definition) is 3. The Morgan fingerprint density at radius 3 is 3.00 bits per heavy atom. The molecular formula is C15H15BrN2S2. The number of aryl methyl sites for hydroxylation is 1. The van der Waals surface area contributed by atoms with E-state index in [0.717, 1.165) is 33.5 Å². The summed E-state index contributed by atoms with van der Waals surface area (Å²) >= 11 is 10.7. The molecule has 2 aromatic rings. The van der Waals surface area contributed by atoms with Crippen molar-refractivity contribution in [1.82, 2.24) is 9.97 Å². The molecule has 0 saturated carbocycles. The molecule has 1 aromatic carbocycles. The van der Waals surface area contributed by atoms with Crippen LogP contribution in [0.15, 0.2) is 33.6 Å². The Balaban J connectivity index is 1.78. The second-order valence-corrected chi connectivity index (χ2v) is 7.25. The van der Waals surface area contributed by atoms with Crippen LogP contribution in [-0.4, -0.2) is 9.97 Å². The summed E-state index contributed by atoms with van der Waals surface area (Å²) in [7, 11) is 0. The van der Waals surface area contributed by atoms with E-state index in [1.54, 1.807) is 11.8 Å². The van der Waals surface area contributed by atoms with Crippen molar-refractivity contribution >= 4 is 39.9 Å². The summed E-state index contributed by atoms with van der Waals surface area (Å²) in [6, 6.07) is 8.32. The van der Waals surface area contributed by atoms with Crippen LogP contribution in [0, 0.1) is 4.64 Å². The standard InChI is InChI=1S/C15H15BrN2S2/c16-10-4-3-5-11(8-10)20-9-14-17-13-7-2-1-6-12(13)15(19)18-14/h3-5,8H,1-2,6-7,9H2,(H,17,18,19). The third kappa shape index (κ3) is 3.32. The van der Waals surface area contributed by atoms with Gasteiger partial charge in [0.25, 0.3) is 0 Å². The summed E-state index contributed by atoms with van der Waals surface area (Å²) in [5, 5.41) is 0. The lowest BCUT2D eigenvalue weighted by Crippen LogP contribution is -2.09. The molecule has 0 bridgehead atoms. The zero-order chi connectivity index (χ0) is 13.9. The zero-order valence-corrected chi connectivity index (χ0v) is 14.2. The van der Waals surface area contributed by atoms with Gasteiger partial charge >= 0.3 is 0 Å². The van der Waals surface area contributed by atoms with Crippen LogP contribution < -0.4 is 0 Å². The fourth-order valence-electron chi connectivity index (χ4n) is 2.45. The van der Waals surface area contributed by atoms with E-state index in [9.17, 15) is 0 Å². The largest absolute Gasteiger partial charge is 0.346 e. The molecule has 3 rings (SSSR count). The number of aromatic nitrogens is 2. The van der Waals surface area contributed by atoms with Crippen molar-refractivity contribution in [3.8, 4) is 0 Å². The number of H-pyrrole nitrogens is 1. The van der Waals surface area contributed by atoms with Crippen LogP contribution >= 0.6 is 39.9 Å². The average Bonchev–Trinajstić information content (AvgIpc) is 2.45. The summed E-state index contributed by atoms with van der Waals surface area (Å²) in [5.41, 5.74) is 2.57. The molecule has 104 valence electrons. The third-order valence-corrected chi connectivity index (χ3v) is 5.27. The maximum Gasteiger partial charge on any atom is 0.133 e. The SMILES string of the molecule is S=c1nc(CSc2cccc(Br)c2)[nH]c2c1CCCC2. The van der Waals surface area contributed by atoms with Crippen molar-refractivity contribution in [2.45, 2.75) is 36.3 Å². The quantitative estimate of drug-likeness (QED) is 0.606. The van der Waals surface area contributed by atoms with Crippen LogP contribution in [0.2, 0.25) is 0 Å². The van der Waals surface area contributed by atoms with E-state index in [0.29, 0.717) is 0 Å². The van der Waals surface area contributed by atoms with E-state index in [-0.39, 0.29) is 0 Å². The van der Waals surface area contributed by atoms with Gasteiger partial charge in [0.15, 0.2) is 0 Å². The fourth-order valence-corrected chi connectivity index (χ4v) is 4.16. The lowest BCUT2D eigenvalue weighted by molar-refractivity contribution is 0.655. The van der Waals surface area contributed by atoms with Gasteiger partial charge in [-0.15, -0.1) is 11.8 Å². The Kier molecular flexibility index (Phi) is 4.58. The summed E-state index contributed by atoms with van der Waals surface area (Å²) < 4.78 is 1.90. The molecule has 5 heteroatoms. The molecule has 1 N–H and O–H groups in total. The van der Waals surface area contributed by atoms with E-state index in [1.807, 2.05) is 6.07 Å². The smallest absolute Gasteiger partial charge is 0.133 e. The first-order valence-electron chi connectivity index (χ1n) is 6.72. The van der Waals surface area contributed by atoms with Gasteiger partial charge in [0.1, 0.15) is 10.5 Å². The molecule has 0 amide bonds. The molecule has 1 aliphatic carbocycles. The van der Waals surface area contributed by atoms with Crippen molar-refractivity contribution in [3.05, 3.63) is 50.5 Å². The number of rotatable bonds is 3. The minimum atomic E-state index is 0.795. The third-order valence-electron chi connectivity index (χ3n) is 3.43. The predicted octanol–water partition coefficient (Wildman–Crippen LogP) is 5.07. The van der Waals surface area contributed by atoms with Gasteiger partial charge in [-0.2, -0.15) is 0 Å². The maximum atomic E-state index is 5.43. The monoisotopic (exact) mass is 366 g/mol. The molecule has 1 heterocycles. The van der Waals surface area contributed by atoms with Crippen LogP contribution in [0.5, 0.6) is 0 Å². The molecule has 0 fully saturated rings. The molecule has 0 aliphatic heterocycles. The first-order valence-corrected chi connectivity index (χ1v) is 8.90. The number of aromatic amines is 1. The number of nitrogens with one attached hydrogen (secondary N) is 1. The molecule has 0 atom stereocenters. The van der Waals surface area contributed by atoms with Crippen LogP contribution in [0.1, 0.15) is 29.9 Å². The highest BCUT2D eigenvalue weighted by atomic mass is 79.9.